The lowest BCUT2D eigenvalue weighted by Crippen LogP contribution is -2.56. The number of carbonyl (C=O) groups excluding carboxylic acids is 2. The average Bonchev–Trinajstić information content (AvgIpc) is 3.03. The van der Waals surface area contributed by atoms with Crippen molar-refractivity contribution in [2.24, 2.45) is 5.73 Å². The fraction of sp³-hybridized carbons (Fsp3) is 0.200. The lowest BCUT2D eigenvalue weighted by molar-refractivity contribution is -0.138. The molecule has 4 N–H and O–H groups in total. The van der Waals surface area contributed by atoms with Gasteiger partial charge in [0.1, 0.15) is 0 Å². The summed E-state index contributed by atoms with van der Waals surface area (Å²) in [5, 5.41) is 4.06. The van der Waals surface area contributed by atoms with E-state index in [9.17, 15) is 9.59 Å². The Morgan fingerprint density at radius 1 is 1.12 bits per heavy atom. The Balaban J connectivity index is 1.93. The Labute approximate surface area is 151 Å². The van der Waals surface area contributed by atoms with Crippen LogP contribution in [0, 0.1) is 0 Å². The molecule has 6 nitrogen and oxygen atoms in total. The summed E-state index contributed by atoms with van der Waals surface area (Å²) >= 11 is 0. The second-order valence-electron chi connectivity index (χ2n) is 6.18. The van der Waals surface area contributed by atoms with Crippen LogP contribution in [0.3, 0.4) is 0 Å². The molecule has 0 aliphatic heterocycles. The summed E-state index contributed by atoms with van der Waals surface area (Å²) in [4.78, 5) is 27.2. The molecular formula is C20H21N3O3. The summed E-state index contributed by atoms with van der Waals surface area (Å²) in [7, 11) is 0. The van der Waals surface area contributed by atoms with Gasteiger partial charge >= 0.3 is 6.09 Å². The Hall–Kier alpha value is -3.12. The number of benzene rings is 2. The number of aromatic amines is 1. The highest BCUT2D eigenvalue weighted by Crippen LogP contribution is 2.24. The van der Waals surface area contributed by atoms with Gasteiger partial charge in [-0.2, -0.15) is 0 Å². The molecule has 6 heteroatoms. The molecule has 0 aliphatic rings. The molecule has 1 aromatic heterocycles. The summed E-state index contributed by atoms with van der Waals surface area (Å²) in [6.45, 7) is 1.74. The number of ketones is 1. The first kappa shape index (κ1) is 17.7. The number of fused-ring (bicyclic) bond motifs is 1. The number of aromatic nitrogens is 1. The largest absolute Gasteiger partial charge is 0.420 e. The number of primary amides is 1. The summed E-state index contributed by atoms with van der Waals surface area (Å²) in [6.07, 6.45) is 0.986. The van der Waals surface area contributed by atoms with Gasteiger partial charge in [-0.05, 0) is 17.2 Å². The van der Waals surface area contributed by atoms with E-state index >= 15 is 0 Å². The number of rotatable bonds is 7. The minimum Gasteiger partial charge on any atom is -0.420 e. The number of Topliss-reactive ketones (excluding diaryl/α,β-unsaturated/α-hetero) is 1. The molecule has 1 atom stereocenters. The van der Waals surface area contributed by atoms with Crippen molar-refractivity contribution in [1.29, 1.82) is 0 Å². The number of carbonyl (C=O) groups is 2. The Morgan fingerprint density at radius 3 is 2.50 bits per heavy atom. The average molecular weight is 351 g/mol. The van der Waals surface area contributed by atoms with Crippen molar-refractivity contribution in [3.8, 4) is 0 Å². The summed E-state index contributed by atoms with van der Waals surface area (Å²) < 4.78 is 5.31. The number of nitrogens with two attached hydrogens (primary N) is 1. The third kappa shape index (κ3) is 3.75. The maximum Gasteiger partial charge on any atom is 0.406 e. The van der Waals surface area contributed by atoms with Gasteiger partial charge in [-0.25, -0.2) is 4.79 Å². The molecule has 0 saturated heterocycles. The van der Waals surface area contributed by atoms with Crippen molar-refractivity contribution in [3.63, 3.8) is 0 Å². The predicted molar refractivity (Wildman–Crippen MR) is 99.4 cm³/mol. The van der Waals surface area contributed by atoms with Crippen molar-refractivity contribution >= 4 is 22.8 Å². The molecule has 26 heavy (non-hydrogen) atoms. The molecule has 0 fully saturated rings. The third-order valence-electron chi connectivity index (χ3n) is 4.38. The van der Waals surface area contributed by atoms with Crippen LogP contribution in [-0.4, -0.2) is 22.6 Å². The minimum absolute atomic E-state index is 0.169. The highest BCUT2D eigenvalue weighted by atomic mass is 16.6. The first-order valence-electron chi connectivity index (χ1n) is 8.33. The van der Waals surface area contributed by atoms with Crippen LogP contribution in [0.4, 0.5) is 4.79 Å². The molecule has 3 aromatic rings. The topological polar surface area (TPSA) is 97.2 Å². The van der Waals surface area contributed by atoms with E-state index in [0.29, 0.717) is 6.54 Å². The monoisotopic (exact) mass is 351 g/mol. The van der Waals surface area contributed by atoms with Gasteiger partial charge in [-0.15, -0.1) is 0 Å². The van der Waals surface area contributed by atoms with Gasteiger partial charge in [-0.1, -0.05) is 48.5 Å². The zero-order valence-electron chi connectivity index (χ0n) is 14.5. The van der Waals surface area contributed by atoms with Crippen LogP contribution in [0.5, 0.6) is 0 Å². The van der Waals surface area contributed by atoms with E-state index in [4.69, 9.17) is 10.5 Å². The van der Waals surface area contributed by atoms with Crippen LogP contribution in [0.1, 0.15) is 18.1 Å². The van der Waals surface area contributed by atoms with E-state index < -0.39 is 11.8 Å². The number of hydrogen-bond acceptors (Lipinski definition) is 4. The molecule has 1 unspecified atom stereocenters. The first-order chi connectivity index (χ1) is 12.5. The van der Waals surface area contributed by atoms with E-state index in [1.165, 1.54) is 6.92 Å². The SMILES string of the molecule is CC(=O)C(Cc1c[nH]c2ccccc12)(NCc1ccccc1)OC(N)=O. The number of nitrogens with one attached hydrogen (secondary N) is 2. The van der Waals surface area contributed by atoms with Gasteiger partial charge in [0.05, 0.1) is 0 Å². The molecule has 2 aromatic carbocycles. The molecule has 1 amide bonds. The van der Waals surface area contributed by atoms with Gasteiger partial charge in [0, 0.05) is 37.0 Å². The second kappa shape index (κ2) is 7.41. The van der Waals surface area contributed by atoms with Crippen LogP contribution in [0.25, 0.3) is 10.9 Å². The number of hydrogen-bond donors (Lipinski definition) is 3. The minimum atomic E-state index is -1.54. The van der Waals surface area contributed by atoms with Crippen molar-refractivity contribution < 1.29 is 14.3 Å². The fourth-order valence-corrected chi connectivity index (χ4v) is 3.01. The molecule has 134 valence electrons. The molecule has 0 saturated carbocycles. The molecule has 3 rings (SSSR count). The van der Waals surface area contributed by atoms with Crippen LogP contribution in [-0.2, 0) is 22.5 Å². The highest BCUT2D eigenvalue weighted by Gasteiger charge is 2.39. The Kier molecular flexibility index (Phi) is 5.04. The molecule has 0 bridgehead atoms. The Morgan fingerprint density at radius 2 is 1.81 bits per heavy atom. The summed E-state index contributed by atoms with van der Waals surface area (Å²) in [5.74, 6) is -0.322. The van der Waals surface area contributed by atoms with Gasteiger partial charge in [0.15, 0.2) is 5.78 Å². The predicted octanol–water partition coefficient (Wildman–Crippen LogP) is 2.88. The van der Waals surface area contributed by atoms with Gasteiger partial charge < -0.3 is 15.5 Å². The summed E-state index contributed by atoms with van der Waals surface area (Å²) in [6, 6.07) is 17.3. The standard InChI is InChI=1S/C20H21N3O3/c1-14(24)20(26-19(21)25,23-12-15-7-3-2-4-8-15)11-16-13-22-18-10-6-5-9-17(16)18/h2-10,13,22-23H,11-12H2,1H3,(H2,21,25). The Bertz CT molecular complexity index is 920. The zero-order chi connectivity index (χ0) is 18.6. The number of amides is 1. The van der Waals surface area contributed by atoms with Crippen molar-refractivity contribution in [1.82, 2.24) is 10.3 Å². The van der Waals surface area contributed by atoms with Gasteiger partial charge in [0.25, 0.3) is 0 Å². The van der Waals surface area contributed by atoms with Crippen molar-refractivity contribution in [3.05, 3.63) is 71.9 Å². The first-order valence-corrected chi connectivity index (χ1v) is 8.33. The lowest BCUT2D eigenvalue weighted by Gasteiger charge is -2.31. The van der Waals surface area contributed by atoms with E-state index in [1.54, 1.807) is 0 Å². The van der Waals surface area contributed by atoms with Gasteiger partial charge in [0.2, 0.25) is 5.72 Å². The van der Waals surface area contributed by atoms with E-state index in [0.717, 1.165) is 22.0 Å². The smallest absolute Gasteiger partial charge is 0.406 e. The second-order valence-corrected chi connectivity index (χ2v) is 6.18. The maximum atomic E-state index is 12.5. The molecule has 1 heterocycles. The highest BCUT2D eigenvalue weighted by molar-refractivity contribution is 5.89. The number of para-hydroxylation sites is 1. The zero-order valence-corrected chi connectivity index (χ0v) is 14.5. The third-order valence-corrected chi connectivity index (χ3v) is 4.38. The lowest BCUT2D eigenvalue weighted by atomic mass is 9.97. The van der Waals surface area contributed by atoms with E-state index in [-0.39, 0.29) is 12.2 Å². The van der Waals surface area contributed by atoms with Crippen molar-refractivity contribution in [2.45, 2.75) is 25.6 Å². The molecular weight excluding hydrogens is 330 g/mol. The van der Waals surface area contributed by atoms with Crippen LogP contribution in [0.2, 0.25) is 0 Å². The van der Waals surface area contributed by atoms with Crippen LogP contribution >= 0.6 is 0 Å². The molecule has 0 radical (unpaired) electrons. The van der Waals surface area contributed by atoms with E-state index in [2.05, 4.69) is 10.3 Å². The molecule has 0 aliphatic carbocycles. The van der Waals surface area contributed by atoms with Crippen LogP contribution < -0.4 is 11.1 Å². The van der Waals surface area contributed by atoms with E-state index in [1.807, 2.05) is 60.8 Å². The molecule has 0 spiro atoms. The summed E-state index contributed by atoms with van der Waals surface area (Å²) in [5.41, 5.74) is 6.50. The normalized spacial score (nSPS) is 13.3. The fourth-order valence-electron chi connectivity index (χ4n) is 3.01. The van der Waals surface area contributed by atoms with Crippen molar-refractivity contribution in [2.75, 3.05) is 0 Å². The number of H-pyrrole nitrogens is 1. The van der Waals surface area contributed by atoms with Crippen LogP contribution in [0.15, 0.2) is 60.8 Å². The van der Waals surface area contributed by atoms with Gasteiger partial charge in [-0.3, -0.25) is 10.1 Å². The maximum absolute atomic E-state index is 12.5. The number of ether oxygens (including phenoxy) is 1. The quantitative estimate of drug-likeness (QED) is 0.570.